The minimum atomic E-state index is -1.04. The van der Waals surface area contributed by atoms with Crippen LogP contribution in [0.3, 0.4) is 0 Å². The number of hydrogen-bond donors (Lipinski definition) is 3. The van der Waals surface area contributed by atoms with Gasteiger partial charge in [0, 0.05) is 29.8 Å². The quantitative estimate of drug-likeness (QED) is 0.246. The molecule has 12 heteroatoms. The second-order valence-corrected chi connectivity index (χ2v) is 10.0. The summed E-state index contributed by atoms with van der Waals surface area (Å²) in [4.78, 5) is 43.5. The number of carbonyl (C=O) groups is 2. The minimum absolute atomic E-state index is 0.155. The molecule has 218 valence electrons. The van der Waals surface area contributed by atoms with Crippen LogP contribution in [0, 0.1) is 5.82 Å². The molecular weight excluding hydrogens is 563 g/mol. The molecule has 44 heavy (non-hydrogen) atoms. The average molecular weight is 589 g/mol. The fourth-order valence-corrected chi connectivity index (χ4v) is 5.11. The number of halogens is 1. The number of anilines is 1. The molecule has 1 aliphatic rings. The molecule has 1 aliphatic carbocycles. The lowest BCUT2D eigenvalue weighted by Crippen LogP contribution is -2.11. The molecular formula is C32H25FN8O3. The van der Waals surface area contributed by atoms with Crippen LogP contribution in [-0.2, 0) is 12.8 Å². The molecule has 0 fully saturated rings. The first-order chi connectivity index (χ1) is 21.3. The topological polar surface area (TPSA) is 176 Å². The van der Waals surface area contributed by atoms with Crippen LogP contribution in [0.5, 0.6) is 5.75 Å². The molecule has 6 aromatic rings. The first-order valence-corrected chi connectivity index (χ1v) is 13.6. The highest BCUT2D eigenvalue weighted by molar-refractivity contribution is 5.95. The Labute approximate surface area is 250 Å². The smallest absolute Gasteiger partial charge is 0.248 e. The zero-order valence-electron chi connectivity index (χ0n) is 23.2. The van der Waals surface area contributed by atoms with E-state index in [9.17, 15) is 14.0 Å². The Morgan fingerprint density at radius 3 is 2.55 bits per heavy atom. The maximum atomic E-state index is 12.8. The van der Waals surface area contributed by atoms with Gasteiger partial charge in [0.15, 0.2) is 29.3 Å². The molecule has 0 radical (unpaired) electrons. The Kier molecular flexibility index (Phi) is 7.46. The van der Waals surface area contributed by atoms with Crippen LogP contribution < -0.4 is 11.5 Å². The predicted octanol–water partition coefficient (Wildman–Crippen LogP) is 4.45. The van der Waals surface area contributed by atoms with Gasteiger partial charge in [0.05, 0.1) is 23.0 Å². The number of carbonyl (C=O) groups excluding carboxylic acids is 2. The summed E-state index contributed by atoms with van der Waals surface area (Å²) in [6.45, 7) is 0. The van der Waals surface area contributed by atoms with Crippen molar-refractivity contribution < 1.29 is 19.1 Å². The van der Waals surface area contributed by atoms with E-state index in [-0.39, 0.29) is 17.4 Å². The molecule has 0 unspecified atom stereocenters. The number of aromatic nitrogens is 6. The summed E-state index contributed by atoms with van der Waals surface area (Å²) < 4.78 is 14.8. The number of aldehydes is 1. The Morgan fingerprint density at radius 1 is 0.955 bits per heavy atom. The molecule has 4 aromatic heterocycles. The lowest BCUT2D eigenvalue weighted by molar-refractivity contribution is 0.0999. The molecule has 11 nitrogen and oxygen atoms in total. The number of rotatable bonds is 5. The van der Waals surface area contributed by atoms with Crippen LogP contribution in [0.1, 0.15) is 38.3 Å². The van der Waals surface area contributed by atoms with Crippen LogP contribution in [0.25, 0.3) is 39.6 Å². The number of amides is 1. The van der Waals surface area contributed by atoms with Gasteiger partial charge in [0.25, 0.3) is 0 Å². The van der Waals surface area contributed by atoms with Crippen molar-refractivity contribution in [3.05, 3.63) is 107 Å². The zero-order valence-corrected chi connectivity index (χ0v) is 23.2. The van der Waals surface area contributed by atoms with Gasteiger partial charge in [-0.3, -0.25) is 24.1 Å². The number of fused-ring (bicyclic) bond motifs is 2. The average Bonchev–Trinajstić information content (AvgIpc) is 3.67. The first kappa shape index (κ1) is 28.1. The van der Waals surface area contributed by atoms with E-state index < -0.39 is 17.5 Å². The van der Waals surface area contributed by atoms with Gasteiger partial charge in [-0.1, -0.05) is 6.07 Å². The third-order valence-corrected chi connectivity index (χ3v) is 7.25. The second kappa shape index (κ2) is 11.7. The number of nitrogens with zero attached hydrogens (tertiary/aromatic N) is 6. The van der Waals surface area contributed by atoms with E-state index in [1.807, 2.05) is 24.3 Å². The van der Waals surface area contributed by atoms with Gasteiger partial charge in [-0.05, 0) is 78.9 Å². The molecule has 2 aromatic carbocycles. The van der Waals surface area contributed by atoms with Crippen LogP contribution in [0.2, 0.25) is 0 Å². The summed E-state index contributed by atoms with van der Waals surface area (Å²) in [5.41, 5.74) is 18.2. The molecule has 0 bridgehead atoms. The molecule has 1 amide bonds. The molecule has 0 saturated carbocycles. The van der Waals surface area contributed by atoms with Crippen LogP contribution in [0.4, 0.5) is 10.2 Å². The van der Waals surface area contributed by atoms with Gasteiger partial charge in [-0.15, -0.1) is 0 Å². The predicted molar refractivity (Wildman–Crippen MR) is 162 cm³/mol. The van der Waals surface area contributed by atoms with E-state index in [2.05, 4.69) is 37.7 Å². The highest BCUT2D eigenvalue weighted by atomic mass is 19.1. The van der Waals surface area contributed by atoms with Crippen molar-refractivity contribution in [3.63, 3.8) is 0 Å². The maximum Gasteiger partial charge on any atom is 0.248 e. The highest BCUT2D eigenvalue weighted by Crippen LogP contribution is 2.33. The largest absolute Gasteiger partial charge is 0.504 e. The minimum Gasteiger partial charge on any atom is -0.504 e. The van der Waals surface area contributed by atoms with Gasteiger partial charge < -0.3 is 16.6 Å². The lowest BCUT2D eigenvalue weighted by atomic mass is 10.1. The van der Waals surface area contributed by atoms with Crippen molar-refractivity contribution in [1.82, 2.24) is 29.5 Å². The van der Waals surface area contributed by atoms with Gasteiger partial charge in [0.2, 0.25) is 5.91 Å². The van der Waals surface area contributed by atoms with Gasteiger partial charge >= 0.3 is 0 Å². The van der Waals surface area contributed by atoms with E-state index in [0.29, 0.717) is 11.5 Å². The fourth-order valence-electron chi connectivity index (χ4n) is 5.11. The van der Waals surface area contributed by atoms with Crippen molar-refractivity contribution in [2.24, 2.45) is 5.73 Å². The van der Waals surface area contributed by atoms with Crippen LogP contribution in [0.15, 0.2) is 79.4 Å². The third kappa shape index (κ3) is 5.31. The number of pyridine rings is 2. The Bertz CT molecular complexity index is 2050. The third-order valence-electron chi connectivity index (χ3n) is 7.25. The maximum absolute atomic E-state index is 12.8. The zero-order chi connectivity index (χ0) is 30.8. The molecule has 4 heterocycles. The SMILES string of the molecule is NC(=O)c1cc(F)c(O)c(C=O)c1.Nc1ncccc1-c1nc2ccc(-c3cnccn3)nc2n1-c1ccc2c(c1)CCC2. The summed E-state index contributed by atoms with van der Waals surface area (Å²) in [5.74, 6) is -1.52. The Morgan fingerprint density at radius 2 is 1.80 bits per heavy atom. The Hall–Kier alpha value is -6.04. The number of phenolic OH excluding ortho intramolecular Hbond substituents is 1. The lowest BCUT2D eigenvalue weighted by Gasteiger charge is -2.12. The number of benzene rings is 2. The number of imidazole rings is 1. The van der Waals surface area contributed by atoms with E-state index in [1.165, 1.54) is 17.5 Å². The van der Waals surface area contributed by atoms with Crippen LogP contribution in [-0.4, -0.2) is 46.8 Å². The summed E-state index contributed by atoms with van der Waals surface area (Å²) in [7, 11) is 0. The number of nitrogen functional groups attached to an aromatic ring is 1. The summed E-state index contributed by atoms with van der Waals surface area (Å²) in [5, 5.41) is 8.95. The van der Waals surface area contributed by atoms with E-state index in [1.54, 1.807) is 24.8 Å². The first-order valence-electron chi connectivity index (χ1n) is 13.6. The molecule has 5 N–H and O–H groups in total. The number of aryl methyl sites for hydroxylation is 2. The Balaban J connectivity index is 0.000000223. The summed E-state index contributed by atoms with van der Waals surface area (Å²) in [6.07, 6.45) is 10.4. The van der Waals surface area contributed by atoms with Gasteiger partial charge in [-0.25, -0.2) is 19.3 Å². The fraction of sp³-hybridized carbons (Fsp3) is 0.0938. The number of primary amides is 1. The number of nitrogens with two attached hydrogens (primary N) is 2. The van der Waals surface area contributed by atoms with Crippen molar-refractivity contribution in [2.75, 3.05) is 5.73 Å². The normalized spacial score (nSPS) is 11.9. The van der Waals surface area contributed by atoms with Gasteiger partial charge in [0.1, 0.15) is 17.0 Å². The summed E-state index contributed by atoms with van der Waals surface area (Å²) >= 11 is 0. The monoisotopic (exact) mass is 588 g/mol. The molecule has 0 aliphatic heterocycles. The highest BCUT2D eigenvalue weighted by Gasteiger charge is 2.20. The van der Waals surface area contributed by atoms with Crippen molar-refractivity contribution >= 4 is 29.2 Å². The molecule has 0 saturated heterocycles. The summed E-state index contributed by atoms with van der Waals surface area (Å²) in [6, 6.07) is 16.1. The van der Waals surface area contributed by atoms with Crippen LogP contribution >= 0.6 is 0 Å². The van der Waals surface area contributed by atoms with Gasteiger partial charge in [-0.2, -0.15) is 0 Å². The molecule has 7 rings (SSSR count). The van der Waals surface area contributed by atoms with Crippen molar-refractivity contribution in [3.8, 4) is 34.2 Å². The van der Waals surface area contributed by atoms with E-state index >= 15 is 0 Å². The molecule has 0 atom stereocenters. The number of phenols is 1. The number of aromatic hydroxyl groups is 1. The van der Waals surface area contributed by atoms with E-state index in [0.717, 1.165) is 58.9 Å². The van der Waals surface area contributed by atoms with Crippen molar-refractivity contribution in [1.29, 1.82) is 0 Å². The number of hydrogen-bond acceptors (Lipinski definition) is 9. The van der Waals surface area contributed by atoms with E-state index in [4.69, 9.17) is 26.5 Å². The second-order valence-electron chi connectivity index (χ2n) is 10.0. The standard InChI is InChI=1S/C24H19N7.C8H6FNO3/c25-22-18(5-2-10-28-22)23-30-20-9-8-19(21-14-26-11-12-27-21)29-24(20)31(23)17-7-6-15-3-1-4-16(15)13-17;9-6-2-4(8(10)13)1-5(3-11)7(6)12/h2,5-14H,1,3-4H2,(H2,25,28);1-3,12H,(H2,10,13). The van der Waals surface area contributed by atoms with Crippen molar-refractivity contribution in [2.45, 2.75) is 19.3 Å². The molecule has 0 spiro atoms.